The van der Waals surface area contributed by atoms with Crippen LogP contribution in [0.1, 0.15) is 17.2 Å². The lowest BCUT2D eigenvalue weighted by Gasteiger charge is -2.17. The minimum atomic E-state index is -1.62. The van der Waals surface area contributed by atoms with Gasteiger partial charge in [0.2, 0.25) is 0 Å². The van der Waals surface area contributed by atoms with Gasteiger partial charge in [-0.05, 0) is 12.5 Å². The summed E-state index contributed by atoms with van der Waals surface area (Å²) in [6, 6.07) is 2.59. The van der Waals surface area contributed by atoms with Crippen LogP contribution in [0, 0.1) is 17.0 Å². The van der Waals surface area contributed by atoms with Gasteiger partial charge in [-0.15, -0.1) is 0 Å². The molecule has 2 unspecified atom stereocenters. The number of carboxylic acids is 1. The van der Waals surface area contributed by atoms with E-state index in [0.717, 1.165) is 0 Å². The first-order chi connectivity index (χ1) is 7.86. The second-order valence-corrected chi connectivity index (χ2v) is 3.57. The summed E-state index contributed by atoms with van der Waals surface area (Å²) in [6.45, 7) is 1.54. The molecule has 1 aromatic carbocycles. The summed E-state index contributed by atoms with van der Waals surface area (Å²) in [5, 5.41) is 29.2. The molecule has 0 heterocycles. The third-order valence-electron chi connectivity index (χ3n) is 2.42. The van der Waals surface area contributed by atoms with Crippen molar-refractivity contribution in [2.24, 2.45) is 5.73 Å². The lowest BCUT2D eigenvalue weighted by atomic mass is 9.96. The van der Waals surface area contributed by atoms with Crippen molar-refractivity contribution in [1.82, 2.24) is 0 Å². The van der Waals surface area contributed by atoms with E-state index < -0.39 is 23.0 Å². The van der Waals surface area contributed by atoms with Gasteiger partial charge in [0.1, 0.15) is 12.1 Å². The highest BCUT2D eigenvalue weighted by Crippen LogP contribution is 2.29. The van der Waals surface area contributed by atoms with Crippen molar-refractivity contribution in [3.05, 3.63) is 39.4 Å². The molecule has 0 aliphatic carbocycles. The van der Waals surface area contributed by atoms with Crippen LogP contribution in [-0.2, 0) is 4.79 Å². The van der Waals surface area contributed by atoms with Crippen molar-refractivity contribution in [2.45, 2.75) is 19.1 Å². The first-order valence-corrected chi connectivity index (χ1v) is 4.76. The van der Waals surface area contributed by atoms with Gasteiger partial charge >= 0.3 is 5.97 Å². The summed E-state index contributed by atoms with van der Waals surface area (Å²) >= 11 is 0. The van der Waals surface area contributed by atoms with Crippen LogP contribution in [0.3, 0.4) is 0 Å². The first kappa shape index (κ1) is 13.1. The minimum absolute atomic E-state index is 0.0626. The van der Waals surface area contributed by atoms with Gasteiger partial charge in [-0.25, -0.2) is 0 Å². The molecule has 0 amide bonds. The molecule has 0 aliphatic heterocycles. The van der Waals surface area contributed by atoms with Crippen LogP contribution in [0.15, 0.2) is 18.2 Å². The molecule has 0 bridgehead atoms. The van der Waals surface area contributed by atoms with E-state index in [1.165, 1.54) is 12.1 Å². The van der Waals surface area contributed by atoms with Crippen LogP contribution in [-0.4, -0.2) is 27.1 Å². The van der Waals surface area contributed by atoms with E-state index in [9.17, 15) is 20.0 Å². The molecule has 0 radical (unpaired) electrons. The first-order valence-electron chi connectivity index (χ1n) is 4.76. The average molecular weight is 240 g/mol. The highest BCUT2D eigenvalue weighted by molar-refractivity contribution is 5.74. The molecule has 4 N–H and O–H groups in total. The van der Waals surface area contributed by atoms with Gasteiger partial charge in [0.05, 0.1) is 10.5 Å². The molecule has 0 aliphatic rings. The zero-order valence-corrected chi connectivity index (χ0v) is 9.03. The molecule has 92 valence electrons. The fraction of sp³-hybridized carbons (Fsp3) is 0.300. The molecule has 0 spiro atoms. The molecule has 0 aromatic heterocycles. The normalized spacial score (nSPS) is 14.1. The van der Waals surface area contributed by atoms with Crippen LogP contribution in [0.25, 0.3) is 0 Å². The number of hydrogen-bond donors (Lipinski definition) is 3. The third kappa shape index (κ3) is 2.58. The molecule has 0 saturated heterocycles. The van der Waals surface area contributed by atoms with Crippen LogP contribution >= 0.6 is 0 Å². The van der Waals surface area contributed by atoms with Gasteiger partial charge in [-0.2, -0.15) is 0 Å². The van der Waals surface area contributed by atoms with Crippen LogP contribution in [0.5, 0.6) is 0 Å². The van der Waals surface area contributed by atoms with E-state index in [-0.39, 0.29) is 11.3 Å². The second-order valence-electron chi connectivity index (χ2n) is 3.57. The zero-order valence-electron chi connectivity index (χ0n) is 9.03. The number of carboxylic acid groups (broad SMARTS) is 1. The fourth-order valence-electron chi connectivity index (χ4n) is 1.52. The third-order valence-corrected chi connectivity index (χ3v) is 2.42. The minimum Gasteiger partial charge on any atom is -0.480 e. The lowest BCUT2D eigenvalue weighted by Crippen LogP contribution is -2.37. The van der Waals surface area contributed by atoms with Crippen molar-refractivity contribution in [3.63, 3.8) is 0 Å². The standard InChI is InChI=1S/C10H12N2O5/c1-5-3-2-4-6(12(16)17)7(5)9(13)8(11)10(14)15/h2-4,8-9,13H,11H2,1H3,(H,14,15). The Morgan fingerprint density at radius 3 is 2.59 bits per heavy atom. The Labute approximate surface area is 96.6 Å². The largest absolute Gasteiger partial charge is 0.480 e. The van der Waals surface area contributed by atoms with Crippen molar-refractivity contribution in [2.75, 3.05) is 0 Å². The van der Waals surface area contributed by atoms with Crippen LogP contribution in [0.2, 0.25) is 0 Å². The molecule has 7 heteroatoms. The van der Waals surface area contributed by atoms with Crippen molar-refractivity contribution in [1.29, 1.82) is 0 Å². The monoisotopic (exact) mass is 240 g/mol. The molecule has 17 heavy (non-hydrogen) atoms. The molecule has 0 saturated carbocycles. The van der Waals surface area contributed by atoms with E-state index in [1.54, 1.807) is 13.0 Å². The molecule has 1 aromatic rings. The molecule has 0 fully saturated rings. The lowest BCUT2D eigenvalue weighted by molar-refractivity contribution is -0.386. The molecular formula is C10H12N2O5. The van der Waals surface area contributed by atoms with Gasteiger partial charge in [0, 0.05) is 6.07 Å². The average Bonchev–Trinajstić information content (AvgIpc) is 2.26. The number of hydrogen-bond acceptors (Lipinski definition) is 5. The Hall–Kier alpha value is -1.99. The Kier molecular flexibility index (Phi) is 3.77. The van der Waals surface area contributed by atoms with E-state index in [2.05, 4.69) is 0 Å². The van der Waals surface area contributed by atoms with E-state index >= 15 is 0 Å². The maximum atomic E-state index is 10.8. The molecule has 2 atom stereocenters. The molecule has 1 rings (SSSR count). The van der Waals surface area contributed by atoms with E-state index in [1.807, 2.05) is 0 Å². The highest BCUT2D eigenvalue weighted by Gasteiger charge is 2.30. The summed E-state index contributed by atoms with van der Waals surface area (Å²) in [6.07, 6.45) is -1.62. The van der Waals surface area contributed by atoms with Gasteiger partial charge in [0.15, 0.2) is 0 Å². The number of benzene rings is 1. The number of nitrogens with zero attached hydrogens (tertiary/aromatic N) is 1. The maximum absolute atomic E-state index is 10.8. The maximum Gasteiger partial charge on any atom is 0.323 e. The number of carbonyl (C=O) groups is 1. The van der Waals surface area contributed by atoms with Gasteiger partial charge < -0.3 is 15.9 Å². The smallest absolute Gasteiger partial charge is 0.323 e. The second kappa shape index (κ2) is 4.89. The fourth-order valence-corrected chi connectivity index (χ4v) is 1.52. The molecule has 7 nitrogen and oxygen atoms in total. The summed E-state index contributed by atoms with van der Waals surface area (Å²) in [4.78, 5) is 20.7. The quantitative estimate of drug-likeness (QED) is 0.514. The number of nitro groups is 1. The predicted molar refractivity (Wildman–Crippen MR) is 58.4 cm³/mol. The number of nitro benzene ring substituents is 1. The number of aliphatic carboxylic acids is 1. The Morgan fingerprint density at radius 1 is 1.53 bits per heavy atom. The topological polar surface area (TPSA) is 127 Å². The predicted octanol–water partition coefficient (Wildman–Crippen LogP) is 0.349. The Bertz CT molecular complexity index is 460. The zero-order chi connectivity index (χ0) is 13.2. The highest BCUT2D eigenvalue weighted by atomic mass is 16.6. The van der Waals surface area contributed by atoms with Crippen molar-refractivity contribution < 1.29 is 19.9 Å². The summed E-state index contributed by atoms with van der Waals surface area (Å²) in [7, 11) is 0. The number of rotatable bonds is 4. The van der Waals surface area contributed by atoms with E-state index in [4.69, 9.17) is 10.8 Å². The Morgan fingerprint density at radius 2 is 2.12 bits per heavy atom. The number of aliphatic hydroxyl groups is 1. The van der Waals surface area contributed by atoms with Gasteiger partial charge in [-0.3, -0.25) is 14.9 Å². The van der Waals surface area contributed by atoms with E-state index in [0.29, 0.717) is 5.56 Å². The number of aliphatic hydroxyl groups excluding tert-OH is 1. The van der Waals surface area contributed by atoms with Crippen molar-refractivity contribution in [3.8, 4) is 0 Å². The van der Waals surface area contributed by atoms with Crippen LogP contribution < -0.4 is 5.73 Å². The number of nitrogens with two attached hydrogens (primary N) is 1. The van der Waals surface area contributed by atoms with Crippen LogP contribution in [0.4, 0.5) is 5.69 Å². The Balaban J connectivity index is 3.29. The van der Waals surface area contributed by atoms with Gasteiger partial charge in [-0.1, -0.05) is 12.1 Å². The summed E-state index contributed by atoms with van der Waals surface area (Å²) < 4.78 is 0. The van der Waals surface area contributed by atoms with Crippen molar-refractivity contribution >= 4 is 11.7 Å². The summed E-state index contributed by atoms with van der Waals surface area (Å²) in [5.74, 6) is -1.42. The molecular weight excluding hydrogens is 228 g/mol. The van der Waals surface area contributed by atoms with Gasteiger partial charge in [0.25, 0.3) is 5.69 Å². The SMILES string of the molecule is Cc1cccc([N+](=O)[O-])c1C(O)C(N)C(=O)O. The number of aryl methyl sites for hydroxylation is 1. The summed E-state index contributed by atoms with van der Waals surface area (Å²) in [5.41, 5.74) is 5.28.